The predicted octanol–water partition coefficient (Wildman–Crippen LogP) is 4.72. The maximum atomic E-state index is 13.8. The van der Waals surface area contributed by atoms with E-state index in [1.807, 2.05) is 25.8 Å². The average molecular weight is 325 g/mol. The van der Waals surface area contributed by atoms with E-state index in [0.29, 0.717) is 34.3 Å². The molecule has 0 aliphatic heterocycles. The molecule has 0 aromatic heterocycles. The molecule has 0 bridgehead atoms. The molecule has 0 N–H and O–H groups in total. The van der Waals surface area contributed by atoms with E-state index in [1.54, 1.807) is 18.2 Å². The van der Waals surface area contributed by atoms with Crippen LogP contribution in [0.5, 0.6) is 5.75 Å². The van der Waals surface area contributed by atoms with Gasteiger partial charge in [0.25, 0.3) is 0 Å². The Morgan fingerprint density at radius 2 is 1.81 bits per heavy atom. The van der Waals surface area contributed by atoms with Crippen LogP contribution in [-0.2, 0) is 6.42 Å². The zero-order valence-electron chi connectivity index (χ0n) is 12.0. The molecule has 0 saturated carbocycles. The van der Waals surface area contributed by atoms with Crippen molar-refractivity contribution in [3.05, 3.63) is 57.8 Å². The minimum absolute atomic E-state index is 0.162. The van der Waals surface area contributed by atoms with Crippen molar-refractivity contribution in [2.24, 2.45) is 0 Å². The normalized spacial score (nSPS) is 10.5. The molecule has 2 aromatic rings. The van der Waals surface area contributed by atoms with Gasteiger partial charge < -0.3 is 4.74 Å². The first-order chi connectivity index (χ1) is 9.97. The molecule has 5 heteroatoms. The van der Waals surface area contributed by atoms with Crippen molar-refractivity contribution in [1.29, 1.82) is 0 Å². The van der Waals surface area contributed by atoms with Gasteiger partial charge in [0.05, 0.1) is 16.7 Å². The van der Waals surface area contributed by atoms with Gasteiger partial charge in [0.1, 0.15) is 11.6 Å². The van der Waals surface area contributed by atoms with E-state index in [-0.39, 0.29) is 12.5 Å². The molecule has 0 amide bonds. The van der Waals surface area contributed by atoms with Crippen LogP contribution in [0.2, 0.25) is 23.7 Å². The van der Waals surface area contributed by atoms with Gasteiger partial charge in [0, 0.05) is 12.5 Å². The Hall–Kier alpha value is -1.19. The maximum absolute atomic E-state index is 13.8. The van der Waals surface area contributed by atoms with Crippen LogP contribution in [0.25, 0.3) is 0 Å². The van der Waals surface area contributed by atoms with E-state index in [0.717, 1.165) is 5.56 Å². The molecule has 2 rings (SSSR count). The van der Waals surface area contributed by atoms with Crippen LogP contribution in [0, 0.1) is 5.82 Å². The number of ether oxygens (including phenoxy) is 1. The number of hydrogen-bond donors (Lipinski definition) is 0. The second kappa shape index (κ2) is 7.19. The summed E-state index contributed by atoms with van der Waals surface area (Å²) in [6.07, 6.45) is 0.685. The van der Waals surface area contributed by atoms with E-state index in [2.05, 4.69) is 0 Å². The second-order valence-corrected chi connectivity index (χ2v) is 6.00. The highest BCUT2D eigenvalue weighted by Crippen LogP contribution is 2.23. The summed E-state index contributed by atoms with van der Waals surface area (Å²) >= 11 is 11.8. The minimum Gasteiger partial charge on any atom is -0.493 e. The lowest BCUT2D eigenvalue weighted by molar-refractivity contribution is 0.320. The third-order valence-corrected chi connectivity index (χ3v) is 3.98. The lowest BCUT2D eigenvalue weighted by Crippen LogP contribution is -2.25. The highest BCUT2D eigenvalue weighted by molar-refractivity contribution is 6.70. The van der Waals surface area contributed by atoms with Gasteiger partial charge in [-0.2, -0.15) is 0 Å². The SMILES string of the molecule is CB(C)c1ccc(OCCc2ccc(Cl)c(Cl)c2)cc1F. The zero-order valence-corrected chi connectivity index (χ0v) is 13.5. The summed E-state index contributed by atoms with van der Waals surface area (Å²) in [5, 5.41) is 1.06. The molecule has 0 unspecified atom stereocenters. The van der Waals surface area contributed by atoms with Crippen molar-refractivity contribution < 1.29 is 9.13 Å². The average Bonchev–Trinajstić information content (AvgIpc) is 2.42. The van der Waals surface area contributed by atoms with Crippen LogP contribution in [0.3, 0.4) is 0 Å². The summed E-state index contributed by atoms with van der Waals surface area (Å²) in [6, 6.07) is 10.5. The highest BCUT2D eigenvalue weighted by Gasteiger charge is 2.10. The quantitative estimate of drug-likeness (QED) is 0.723. The predicted molar refractivity (Wildman–Crippen MR) is 89.2 cm³/mol. The fourth-order valence-electron chi connectivity index (χ4n) is 2.05. The summed E-state index contributed by atoms with van der Waals surface area (Å²) in [5.74, 6) is 0.314. The van der Waals surface area contributed by atoms with Gasteiger partial charge in [-0.05, 0) is 29.2 Å². The summed E-state index contributed by atoms with van der Waals surface area (Å²) in [6.45, 7) is 4.54. The number of benzene rings is 2. The van der Waals surface area contributed by atoms with Crippen LogP contribution in [-0.4, -0.2) is 13.3 Å². The Morgan fingerprint density at radius 3 is 2.43 bits per heavy atom. The molecule has 0 atom stereocenters. The second-order valence-electron chi connectivity index (χ2n) is 5.18. The van der Waals surface area contributed by atoms with Crippen molar-refractivity contribution >= 4 is 35.4 Å². The van der Waals surface area contributed by atoms with E-state index in [4.69, 9.17) is 27.9 Å². The Bertz CT molecular complexity index is 632. The molecular formula is C16H16BCl2FO. The van der Waals surface area contributed by atoms with Crippen molar-refractivity contribution in [3.8, 4) is 5.75 Å². The topological polar surface area (TPSA) is 9.23 Å². The van der Waals surface area contributed by atoms with Crippen LogP contribution < -0.4 is 10.2 Å². The van der Waals surface area contributed by atoms with Gasteiger partial charge in [0.15, 0.2) is 6.71 Å². The maximum Gasteiger partial charge on any atom is 0.173 e. The molecule has 1 nitrogen and oxygen atoms in total. The molecule has 21 heavy (non-hydrogen) atoms. The minimum atomic E-state index is -0.225. The highest BCUT2D eigenvalue weighted by atomic mass is 35.5. The molecule has 0 saturated heterocycles. The molecule has 0 fully saturated rings. The summed E-state index contributed by atoms with van der Waals surface area (Å²) in [7, 11) is 0. The molecule has 2 aromatic carbocycles. The standard InChI is InChI=1S/C16H16BCl2FO/c1-17(2)13-5-4-12(10-16(13)20)21-8-7-11-3-6-14(18)15(19)9-11/h3-6,9-10H,7-8H2,1-2H3. The number of halogens is 3. The van der Waals surface area contributed by atoms with Gasteiger partial charge in [-0.15, -0.1) is 0 Å². The van der Waals surface area contributed by atoms with E-state index < -0.39 is 0 Å². The fraction of sp³-hybridized carbons (Fsp3) is 0.250. The fourth-order valence-corrected chi connectivity index (χ4v) is 2.37. The zero-order chi connectivity index (χ0) is 15.4. The molecule has 110 valence electrons. The molecular weight excluding hydrogens is 309 g/mol. The largest absolute Gasteiger partial charge is 0.493 e. The smallest absolute Gasteiger partial charge is 0.173 e. The summed E-state index contributed by atoms with van der Waals surface area (Å²) in [4.78, 5) is 0. The van der Waals surface area contributed by atoms with E-state index >= 15 is 0 Å². The molecule has 0 spiro atoms. The monoisotopic (exact) mass is 324 g/mol. The van der Waals surface area contributed by atoms with Gasteiger partial charge >= 0.3 is 0 Å². The molecule has 0 aliphatic carbocycles. The van der Waals surface area contributed by atoms with Crippen molar-refractivity contribution in [3.63, 3.8) is 0 Å². The van der Waals surface area contributed by atoms with E-state index in [9.17, 15) is 4.39 Å². The van der Waals surface area contributed by atoms with Gasteiger partial charge in [0.2, 0.25) is 0 Å². The lowest BCUT2D eigenvalue weighted by atomic mass is 9.49. The molecule has 0 aliphatic rings. The first-order valence-corrected chi connectivity index (χ1v) is 7.59. The third-order valence-electron chi connectivity index (χ3n) is 3.24. The lowest BCUT2D eigenvalue weighted by Gasteiger charge is -2.10. The first-order valence-electron chi connectivity index (χ1n) is 6.83. The Morgan fingerprint density at radius 1 is 1.05 bits per heavy atom. The third kappa shape index (κ3) is 4.39. The Balaban J connectivity index is 1.94. The molecule has 0 heterocycles. The van der Waals surface area contributed by atoms with Gasteiger partial charge in [-0.25, -0.2) is 4.39 Å². The number of hydrogen-bond acceptors (Lipinski definition) is 1. The summed E-state index contributed by atoms with van der Waals surface area (Å²) < 4.78 is 19.4. The van der Waals surface area contributed by atoms with Crippen molar-refractivity contribution in [2.75, 3.05) is 6.61 Å². The van der Waals surface area contributed by atoms with Crippen LogP contribution >= 0.6 is 23.2 Å². The molecule has 0 radical (unpaired) electrons. The van der Waals surface area contributed by atoms with Crippen LogP contribution in [0.1, 0.15) is 5.56 Å². The van der Waals surface area contributed by atoms with Crippen LogP contribution in [0.15, 0.2) is 36.4 Å². The van der Waals surface area contributed by atoms with Gasteiger partial charge in [-0.3, -0.25) is 0 Å². The summed E-state index contributed by atoms with van der Waals surface area (Å²) in [5.41, 5.74) is 1.73. The Labute approximate surface area is 135 Å². The van der Waals surface area contributed by atoms with Crippen molar-refractivity contribution in [2.45, 2.75) is 20.1 Å². The Kier molecular flexibility index (Phi) is 5.54. The van der Waals surface area contributed by atoms with Gasteiger partial charge in [-0.1, -0.05) is 49.0 Å². The first kappa shape index (κ1) is 16.2. The van der Waals surface area contributed by atoms with E-state index in [1.165, 1.54) is 6.07 Å². The number of rotatable bonds is 5. The van der Waals surface area contributed by atoms with Crippen molar-refractivity contribution in [1.82, 2.24) is 0 Å². The van der Waals surface area contributed by atoms with Crippen LogP contribution in [0.4, 0.5) is 4.39 Å².